The Balaban J connectivity index is 1.73. The second-order valence-corrected chi connectivity index (χ2v) is 6.48. The van der Waals surface area contributed by atoms with Crippen LogP contribution in [0.2, 0.25) is 5.02 Å². The third-order valence-electron chi connectivity index (χ3n) is 3.83. The molecule has 32 heavy (non-hydrogen) atoms. The van der Waals surface area contributed by atoms with E-state index in [9.17, 15) is 22.8 Å². The van der Waals surface area contributed by atoms with Crippen molar-refractivity contribution in [2.75, 3.05) is 17.7 Å². The minimum Gasteiger partial charge on any atom is -0.457 e. The van der Waals surface area contributed by atoms with E-state index in [1.807, 2.05) is 5.32 Å². The summed E-state index contributed by atoms with van der Waals surface area (Å²) < 4.78 is 68.5. The highest BCUT2D eigenvalue weighted by Gasteiger charge is 2.33. The molecule has 0 aliphatic heterocycles. The molecule has 1 heterocycles. The van der Waals surface area contributed by atoms with Gasteiger partial charge in [-0.15, -0.1) is 0 Å². The lowest BCUT2D eigenvalue weighted by Gasteiger charge is -2.12. The normalized spacial score (nSPS) is 12.2. The predicted molar refractivity (Wildman–Crippen MR) is 113 cm³/mol. The first-order chi connectivity index (χ1) is 16.4. The van der Waals surface area contributed by atoms with Gasteiger partial charge in [0, 0.05) is 30.7 Å². The molecule has 3 aromatic rings. The zero-order valence-electron chi connectivity index (χ0n) is 19.2. The number of carbonyl (C=O) groups excluding carboxylic acids is 2. The van der Waals surface area contributed by atoms with Gasteiger partial charge in [0.25, 0.3) is 5.91 Å². The van der Waals surface area contributed by atoms with Gasteiger partial charge in [-0.05, 0) is 48.5 Å². The van der Waals surface area contributed by atoms with Crippen LogP contribution in [0.1, 0.15) is 20.2 Å². The van der Waals surface area contributed by atoms with E-state index in [4.69, 9.17) is 20.5 Å². The number of amides is 3. The van der Waals surface area contributed by atoms with Crippen molar-refractivity contribution in [1.29, 1.82) is 0 Å². The van der Waals surface area contributed by atoms with E-state index in [0.717, 1.165) is 0 Å². The van der Waals surface area contributed by atoms with E-state index in [1.54, 1.807) is 0 Å². The summed E-state index contributed by atoms with van der Waals surface area (Å²) in [4.78, 5) is 27.9. The number of aromatic nitrogens is 1. The number of hydrogen-bond donors (Lipinski definition) is 3. The van der Waals surface area contributed by atoms with Gasteiger partial charge in [-0.25, -0.2) is 4.79 Å². The van der Waals surface area contributed by atoms with E-state index in [0.29, 0.717) is 11.5 Å². The molecule has 0 radical (unpaired) electrons. The molecule has 2 aromatic carbocycles. The van der Waals surface area contributed by atoms with Crippen LogP contribution in [0.4, 0.5) is 29.3 Å². The number of alkyl halides is 3. The number of benzene rings is 2. The van der Waals surface area contributed by atoms with E-state index in [-0.39, 0.29) is 11.4 Å². The van der Waals surface area contributed by atoms with Gasteiger partial charge in [-0.3, -0.25) is 9.78 Å². The van der Waals surface area contributed by atoms with Crippen LogP contribution in [-0.4, -0.2) is 24.0 Å². The molecule has 3 rings (SSSR count). The Morgan fingerprint density at radius 3 is 2.41 bits per heavy atom. The lowest BCUT2D eigenvalue weighted by atomic mass is 10.2. The molecular weight excluding hydrogens is 449 g/mol. The van der Waals surface area contributed by atoms with Crippen LogP contribution in [-0.2, 0) is 6.18 Å². The Labute approximate surface area is 189 Å². The summed E-state index contributed by atoms with van der Waals surface area (Å²) in [6.07, 6.45) is -3.67. The summed E-state index contributed by atoms with van der Waals surface area (Å²) in [5.74, 6) is 0.281. The van der Waals surface area contributed by atoms with Crippen molar-refractivity contribution in [3.05, 3.63) is 77.0 Å². The number of carbonyl (C=O) groups is 2. The van der Waals surface area contributed by atoms with E-state index < -0.39 is 52.5 Å². The number of nitrogens with one attached hydrogen (secondary N) is 3. The maximum atomic E-state index is 13.2. The van der Waals surface area contributed by atoms with Crippen molar-refractivity contribution < 1.29 is 31.6 Å². The number of ether oxygens (including phenoxy) is 1. The summed E-state index contributed by atoms with van der Waals surface area (Å²) in [6.45, 7) is 0. The van der Waals surface area contributed by atoms with Gasteiger partial charge >= 0.3 is 12.2 Å². The topological polar surface area (TPSA) is 92.3 Å². The molecule has 3 N–H and O–H groups in total. The van der Waals surface area contributed by atoms with Crippen LogP contribution < -0.4 is 20.7 Å². The largest absolute Gasteiger partial charge is 0.457 e. The quantitative estimate of drug-likeness (QED) is 0.458. The van der Waals surface area contributed by atoms with Gasteiger partial charge in [0.2, 0.25) is 0 Å². The molecule has 0 atom stereocenters. The number of hydrogen-bond acceptors (Lipinski definition) is 4. The number of nitrogens with zero attached hydrogens (tertiary/aromatic N) is 1. The van der Waals surface area contributed by atoms with E-state index in [2.05, 4.69) is 15.6 Å². The molecule has 0 aliphatic rings. The van der Waals surface area contributed by atoms with Crippen LogP contribution in [0.5, 0.6) is 11.5 Å². The van der Waals surface area contributed by atoms with Gasteiger partial charge in [0.15, 0.2) is 0 Å². The summed E-state index contributed by atoms with van der Waals surface area (Å²) >= 11 is 5.52. The van der Waals surface area contributed by atoms with Crippen molar-refractivity contribution in [2.45, 2.75) is 6.18 Å². The molecule has 0 saturated heterocycles. The molecule has 0 saturated carbocycles. The maximum Gasteiger partial charge on any atom is 0.417 e. The van der Waals surface area contributed by atoms with Gasteiger partial charge in [-0.2, -0.15) is 13.2 Å². The van der Waals surface area contributed by atoms with Crippen molar-refractivity contribution in [2.24, 2.45) is 0 Å². The number of urea groups is 1. The first kappa shape index (κ1) is 18.9. The second-order valence-electron chi connectivity index (χ2n) is 6.10. The first-order valence-electron chi connectivity index (χ1n) is 10.3. The maximum absolute atomic E-state index is 13.2. The Kier molecular flexibility index (Phi) is 5.66. The summed E-state index contributed by atoms with van der Waals surface area (Å²) in [5.41, 5.74) is -2.07. The second kappa shape index (κ2) is 9.56. The monoisotopic (exact) mass is 467 g/mol. The number of rotatable bonds is 5. The molecule has 0 spiro atoms. The molecule has 0 bridgehead atoms. The van der Waals surface area contributed by atoms with Crippen molar-refractivity contribution in [3.63, 3.8) is 0 Å². The van der Waals surface area contributed by atoms with Gasteiger partial charge in [0.05, 0.1) is 14.7 Å². The molecule has 1 aromatic heterocycles. The smallest absolute Gasteiger partial charge is 0.417 e. The SMILES string of the molecule is [2H]c1c([2H])c(NC(=O)Nc2ccc(Oc3ccnc(C(=O)NC)c3)cc2)c([2H])c(C(F)(F)F)c1Cl. The van der Waals surface area contributed by atoms with E-state index in [1.165, 1.54) is 49.6 Å². The highest BCUT2D eigenvalue weighted by Crippen LogP contribution is 2.36. The lowest BCUT2D eigenvalue weighted by Crippen LogP contribution is -2.19. The van der Waals surface area contributed by atoms with E-state index >= 15 is 0 Å². The van der Waals surface area contributed by atoms with Gasteiger partial charge in [-0.1, -0.05) is 11.6 Å². The highest BCUT2D eigenvalue weighted by molar-refractivity contribution is 6.31. The third-order valence-corrected chi connectivity index (χ3v) is 4.11. The van der Waals surface area contributed by atoms with Crippen LogP contribution in [0.3, 0.4) is 0 Å². The Hall–Kier alpha value is -3.79. The van der Waals surface area contributed by atoms with Crippen LogP contribution in [0, 0.1) is 0 Å². The summed E-state index contributed by atoms with van der Waals surface area (Å²) in [7, 11) is 1.46. The zero-order chi connectivity index (χ0) is 25.9. The van der Waals surface area contributed by atoms with Gasteiger partial charge < -0.3 is 20.7 Å². The highest BCUT2D eigenvalue weighted by atomic mass is 35.5. The molecule has 0 aliphatic carbocycles. The molecule has 166 valence electrons. The molecule has 0 fully saturated rings. The molecule has 11 heteroatoms. The molecular formula is C21H16ClF3N4O3. The minimum atomic E-state index is -5.06. The fourth-order valence-corrected chi connectivity index (χ4v) is 2.60. The van der Waals surface area contributed by atoms with Crippen molar-refractivity contribution in [1.82, 2.24) is 10.3 Å². The van der Waals surface area contributed by atoms with Gasteiger partial charge in [0.1, 0.15) is 17.2 Å². The average molecular weight is 468 g/mol. The Morgan fingerprint density at radius 2 is 1.75 bits per heavy atom. The van der Waals surface area contributed by atoms with Crippen molar-refractivity contribution >= 4 is 34.9 Å². The van der Waals surface area contributed by atoms with Crippen LogP contribution in [0.15, 0.2) is 60.7 Å². The molecule has 7 nitrogen and oxygen atoms in total. The average Bonchev–Trinajstić information content (AvgIpc) is 2.80. The van der Waals surface area contributed by atoms with Crippen LogP contribution in [0.25, 0.3) is 0 Å². The third kappa shape index (κ3) is 5.88. The zero-order valence-corrected chi connectivity index (χ0v) is 17.0. The Bertz CT molecular complexity index is 1290. The first-order valence-corrected chi connectivity index (χ1v) is 9.20. The molecule has 3 amide bonds. The minimum absolute atomic E-state index is 0.147. The summed E-state index contributed by atoms with van der Waals surface area (Å²) in [6, 6.07) is 4.71. The fourth-order valence-electron chi connectivity index (χ4n) is 2.39. The number of halogens is 4. The molecule has 0 unspecified atom stereocenters. The summed E-state index contributed by atoms with van der Waals surface area (Å²) in [5, 5.41) is 5.70. The predicted octanol–water partition coefficient (Wildman–Crippen LogP) is 5.55. The fraction of sp³-hybridized carbons (Fsp3) is 0.0952. The van der Waals surface area contributed by atoms with Crippen LogP contribution >= 0.6 is 11.6 Å². The Morgan fingerprint density at radius 1 is 1.06 bits per heavy atom. The standard InChI is InChI=1S/C21H16ClF3N4O3/c1-26-19(30)18-11-15(8-9-27-18)32-14-5-2-12(3-6-14)28-20(31)29-13-4-7-17(22)16(10-13)21(23,24)25/h2-11H,1H3,(H,26,30)(H2,28,29,31)/i4D,7D,10D. The number of anilines is 2. The number of pyridine rings is 1. The van der Waals surface area contributed by atoms with Crippen molar-refractivity contribution in [3.8, 4) is 11.5 Å². The lowest BCUT2D eigenvalue weighted by molar-refractivity contribution is -0.137.